The van der Waals surface area contributed by atoms with Crippen LogP contribution >= 0.6 is 0 Å². The normalized spacial score (nSPS) is 22.5. The fraction of sp³-hybridized carbons (Fsp3) is 0.571. The first-order valence-corrected chi connectivity index (χ1v) is 6.34. The van der Waals surface area contributed by atoms with Crippen molar-refractivity contribution in [2.24, 2.45) is 0 Å². The Morgan fingerprint density at radius 3 is 2.71 bits per heavy atom. The van der Waals surface area contributed by atoms with Crippen molar-refractivity contribution in [3.05, 3.63) is 29.8 Å². The average Bonchev–Trinajstić information content (AvgIpc) is 2.39. The van der Waals surface area contributed by atoms with Crippen LogP contribution in [-0.4, -0.2) is 30.9 Å². The van der Waals surface area contributed by atoms with Crippen molar-refractivity contribution in [2.45, 2.75) is 32.4 Å². The van der Waals surface area contributed by atoms with Gasteiger partial charge in [-0.1, -0.05) is 19.1 Å². The Bertz CT molecular complexity index is 348. The molecule has 0 aromatic heterocycles. The van der Waals surface area contributed by atoms with E-state index < -0.39 is 6.10 Å². The standard InChI is InChI=1S/C14H21NO2/c1-3-13-10-17-9-8-15(13)14-6-4-12(5-7-14)11(2)16/h4-7,11,13,16H,3,8-10H2,1-2H3/t11-,13?/m1/s1. The van der Waals surface area contributed by atoms with E-state index in [4.69, 9.17) is 4.74 Å². The largest absolute Gasteiger partial charge is 0.389 e. The van der Waals surface area contributed by atoms with Crippen LogP contribution in [0.25, 0.3) is 0 Å². The van der Waals surface area contributed by atoms with Gasteiger partial charge in [0.2, 0.25) is 0 Å². The second kappa shape index (κ2) is 5.52. The topological polar surface area (TPSA) is 32.7 Å². The summed E-state index contributed by atoms with van der Waals surface area (Å²) in [5.41, 5.74) is 2.19. The van der Waals surface area contributed by atoms with Crippen LogP contribution in [0.2, 0.25) is 0 Å². The zero-order valence-corrected chi connectivity index (χ0v) is 10.6. The maximum atomic E-state index is 9.49. The third-order valence-electron chi connectivity index (χ3n) is 3.41. The molecule has 1 unspecified atom stereocenters. The van der Waals surface area contributed by atoms with Gasteiger partial charge in [0.1, 0.15) is 0 Å². The van der Waals surface area contributed by atoms with Crippen molar-refractivity contribution in [3.63, 3.8) is 0 Å². The maximum Gasteiger partial charge on any atom is 0.0761 e. The van der Waals surface area contributed by atoms with E-state index in [9.17, 15) is 5.11 Å². The SMILES string of the molecule is CCC1COCCN1c1ccc([C@@H](C)O)cc1. The average molecular weight is 235 g/mol. The second-order valence-electron chi connectivity index (χ2n) is 4.60. The molecule has 1 aliphatic heterocycles. The summed E-state index contributed by atoms with van der Waals surface area (Å²) in [6.45, 7) is 6.55. The van der Waals surface area contributed by atoms with E-state index >= 15 is 0 Å². The molecule has 0 bridgehead atoms. The molecular formula is C14H21NO2. The van der Waals surface area contributed by atoms with E-state index in [0.717, 1.165) is 31.7 Å². The fourth-order valence-electron chi connectivity index (χ4n) is 2.28. The Morgan fingerprint density at radius 2 is 2.12 bits per heavy atom. The summed E-state index contributed by atoms with van der Waals surface area (Å²) in [4.78, 5) is 2.40. The van der Waals surface area contributed by atoms with Crippen molar-refractivity contribution in [1.29, 1.82) is 0 Å². The van der Waals surface area contributed by atoms with Gasteiger partial charge < -0.3 is 14.7 Å². The first-order chi connectivity index (χ1) is 8.22. The van der Waals surface area contributed by atoms with Crippen molar-refractivity contribution >= 4 is 5.69 Å². The summed E-state index contributed by atoms with van der Waals surface area (Å²) in [6, 6.07) is 8.66. The van der Waals surface area contributed by atoms with Crippen molar-refractivity contribution < 1.29 is 9.84 Å². The number of hydrogen-bond donors (Lipinski definition) is 1. The minimum atomic E-state index is -0.393. The van der Waals surface area contributed by atoms with Gasteiger partial charge in [0.25, 0.3) is 0 Å². The van der Waals surface area contributed by atoms with Crippen LogP contribution in [0.3, 0.4) is 0 Å². The molecule has 1 aromatic rings. The molecule has 3 nitrogen and oxygen atoms in total. The fourth-order valence-corrected chi connectivity index (χ4v) is 2.28. The molecule has 0 aliphatic carbocycles. The molecule has 1 saturated heterocycles. The number of rotatable bonds is 3. The molecule has 0 amide bonds. The van der Waals surface area contributed by atoms with Gasteiger partial charge in [0, 0.05) is 12.2 Å². The molecule has 0 saturated carbocycles. The van der Waals surface area contributed by atoms with Gasteiger partial charge in [0.05, 0.1) is 25.4 Å². The van der Waals surface area contributed by atoms with Crippen LogP contribution in [0.1, 0.15) is 31.9 Å². The monoisotopic (exact) mass is 235 g/mol. The summed E-state index contributed by atoms with van der Waals surface area (Å²) >= 11 is 0. The van der Waals surface area contributed by atoms with Gasteiger partial charge in [0.15, 0.2) is 0 Å². The highest BCUT2D eigenvalue weighted by Crippen LogP contribution is 2.23. The highest BCUT2D eigenvalue weighted by molar-refractivity contribution is 5.49. The highest BCUT2D eigenvalue weighted by Gasteiger charge is 2.21. The Kier molecular flexibility index (Phi) is 4.02. The molecule has 1 aromatic carbocycles. The first kappa shape index (κ1) is 12.4. The number of hydrogen-bond acceptors (Lipinski definition) is 3. The molecule has 1 N–H and O–H groups in total. The van der Waals surface area contributed by atoms with E-state index in [0.29, 0.717) is 6.04 Å². The lowest BCUT2D eigenvalue weighted by Gasteiger charge is -2.37. The number of aliphatic hydroxyl groups excluding tert-OH is 1. The van der Waals surface area contributed by atoms with Crippen LogP contribution in [-0.2, 0) is 4.74 Å². The lowest BCUT2D eigenvalue weighted by molar-refractivity contribution is 0.0930. The Labute approximate surface area is 103 Å². The molecule has 3 heteroatoms. The summed E-state index contributed by atoms with van der Waals surface area (Å²) in [5, 5.41) is 9.49. The summed E-state index contributed by atoms with van der Waals surface area (Å²) in [5.74, 6) is 0. The lowest BCUT2D eigenvalue weighted by Crippen LogP contribution is -2.45. The van der Waals surface area contributed by atoms with E-state index in [1.54, 1.807) is 6.92 Å². The molecule has 17 heavy (non-hydrogen) atoms. The number of anilines is 1. The highest BCUT2D eigenvalue weighted by atomic mass is 16.5. The predicted molar refractivity (Wildman–Crippen MR) is 69.3 cm³/mol. The minimum Gasteiger partial charge on any atom is -0.389 e. The summed E-state index contributed by atoms with van der Waals surface area (Å²) < 4.78 is 5.50. The Hall–Kier alpha value is -1.06. The van der Waals surface area contributed by atoms with Crippen LogP contribution in [0, 0.1) is 0 Å². The zero-order valence-electron chi connectivity index (χ0n) is 10.6. The van der Waals surface area contributed by atoms with Crippen LogP contribution in [0.15, 0.2) is 24.3 Å². The number of ether oxygens (including phenoxy) is 1. The molecule has 0 spiro atoms. The molecule has 1 fully saturated rings. The maximum absolute atomic E-state index is 9.49. The molecular weight excluding hydrogens is 214 g/mol. The zero-order chi connectivity index (χ0) is 12.3. The Balaban J connectivity index is 2.15. The second-order valence-corrected chi connectivity index (χ2v) is 4.60. The van der Waals surface area contributed by atoms with Gasteiger partial charge in [-0.3, -0.25) is 0 Å². The number of morpholine rings is 1. The predicted octanol–water partition coefficient (Wildman–Crippen LogP) is 2.36. The molecule has 0 radical (unpaired) electrons. The Morgan fingerprint density at radius 1 is 1.41 bits per heavy atom. The van der Waals surface area contributed by atoms with E-state index in [-0.39, 0.29) is 0 Å². The van der Waals surface area contributed by atoms with Gasteiger partial charge in [-0.25, -0.2) is 0 Å². The van der Waals surface area contributed by atoms with E-state index in [2.05, 4.69) is 24.0 Å². The lowest BCUT2D eigenvalue weighted by atomic mass is 10.1. The van der Waals surface area contributed by atoms with Gasteiger partial charge in [-0.2, -0.15) is 0 Å². The van der Waals surface area contributed by atoms with Crippen molar-refractivity contribution in [1.82, 2.24) is 0 Å². The molecule has 1 aliphatic rings. The molecule has 94 valence electrons. The van der Waals surface area contributed by atoms with Gasteiger partial charge >= 0.3 is 0 Å². The number of aliphatic hydroxyl groups is 1. The first-order valence-electron chi connectivity index (χ1n) is 6.34. The van der Waals surface area contributed by atoms with Crippen molar-refractivity contribution in [2.75, 3.05) is 24.7 Å². The van der Waals surface area contributed by atoms with Gasteiger partial charge in [-0.05, 0) is 31.0 Å². The number of benzene rings is 1. The summed E-state index contributed by atoms with van der Waals surface area (Å²) in [6.07, 6.45) is 0.703. The van der Waals surface area contributed by atoms with Crippen LogP contribution in [0.5, 0.6) is 0 Å². The molecule has 2 atom stereocenters. The smallest absolute Gasteiger partial charge is 0.0761 e. The van der Waals surface area contributed by atoms with E-state index in [1.807, 2.05) is 12.1 Å². The minimum absolute atomic E-state index is 0.393. The molecule has 2 rings (SSSR count). The number of nitrogens with zero attached hydrogens (tertiary/aromatic N) is 1. The summed E-state index contributed by atoms with van der Waals surface area (Å²) in [7, 11) is 0. The van der Waals surface area contributed by atoms with E-state index in [1.165, 1.54) is 5.69 Å². The van der Waals surface area contributed by atoms with Crippen LogP contribution in [0.4, 0.5) is 5.69 Å². The van der Waals surface area contributed by atoms with Gasteiger partial charge in [-0.15, -0.1) is 0 Å². The van der Waals surface area contributed by atoms with Crippen molar-refractivity contribution in [3.8, 4) is 0 Å². The third kappa shape index (κ3) is 2.79. The third-order valence-corrected chi connectivity index (χ3v) is 3.41. The quantitative estimate of drug-likeness (QED) is 0.873. The van der Waals surface area contributed by atoms with Crippen LogP contribution < -0.4 is 4.90 Å². The molecule has 1 heterocycles.